The van der Waals surface area contributed by atoms with Crippen molar-refractivity contribution in [3.8, 4) is 28.8 Å². The van der Waals surface area contributed by atoms with Crippen LogP contribution in [-0.4, -0.2) is 15.2 Å². The van der Waals surface area contributed by atoms with E-state index in [2.05, 4.69) is 4.98 Å². The Morgan fingerprint density at radius 1 is 1.23 bits per heavy atom. The van der Waals surface area contributed by atoms with Crippen LogP contribution in [0.3, 0.4) is 0 Å². The van der Waals surface area contributed by atoms with Gasteiger partial charge in [0.05, 0.1) is 5.56 Å². The zero-order valence-electron chi connectivity index (χ0n) is 11.5. The van der Waals surface area contributed by atoms with Gasteiger partial charge in [-0.05, 0) is 36.8 Å². The maximum atomic E-state index is 12.1. The molecule has 0 unspecified atom stereocenters. The molecular formula is C16H10N2O4. The number of aryl methyl sites for hydroxylation is 1. The number of nitrogens with zero attached hydrogens (tertiary/aromatic N) is 2. The average molecular weight is 294 g/mol. The summed E-state index contributed by atoms with van der Waals surface area (Å²) >= 11 is 0. The second-order valence-electron chi connectivity index (χ2n) is 4.82. The lowest BCUT2D eigenvalue weighted by molar-refractivity contribution is 0.403. The summed E-state index contributed by atoms with van der Waals surface area (Å²) in [5.41, 5.74) is 1.11. The number of rotatable bonds is 1. The second kappa shape index (κ2) is 4.90. The predicted octanol–water partition coefficient (Wildman–Crippen LogP) is 2.45. The van der Waals surface area contributed by atoms with E-state index in [1.54, 1.807) is 24.3 Å². The third-order valence-electron chi connectivity index (χ3n) is 3.23. The van der Waals surface area contributed by atoms with Gasteiger partial charge in [0.15, 0.2) is 22.8 Å². The molecule has 2 N–H and O–H groups in total. The molecule has 2 aromatic carbocycles. The van der Waals surface area contributed by atoms with Gasteiger partial charge in [-0.15, -0.1) is 0 Å². The summed E-state index contributed by atoms with van der Waals surface area (Å²) in [4.78, 5) is 16.3. The molecule has 0 spiro atoms. The van der Waals surface area contributed by atoms with E-state index in [9.17, 15) is 15.0 Å². The number of benzene rings is 2. The summed E-state index contributed by atoms with van der Waals surface area (Å²) in [5, 5.41) is 28.2. The number of nitriles is 1. The molecule has 0 saturated heterocycles. The van der Waals surface area contributed by atoms with E-state index in [-0.39, 0.29) is 16.8 Å². The molecule has 0 amide bonds. The van der Waals surface area contributed by atoms with Crippen molar-refractivity contribution in [3.05, 3.63) is 51.9 Å². The van der Waals surface area contributed by atoms with Crippen LogP contribution in [0.5, 0.6) is 11.5 Å². The van der Waals surface area contributed by atoms with E-state index in [1.807, 2.05) is 6.92 Å². The third-order valence-corrected chi connectivity index (χ3v) is 3.23. The summed E-state index contributed by atoms with van der Waals surface area (Å²) < 4.78 is 5.20. The molecule has 0 aliphatic rings. The van der Waals surface area contributed by atoms with Gasteiger partial charge in [0.1, 0.15) is 11.6 Å². The minimum atomic E-state index is -0.690. The fourth-order valence-electron chi connectivity index (χ4n) is 2.14. The molecule has 6 heteroatoms. The predicted molar refractivity (Wildman–Crippen MR) is 78.5 cm³/mol. The molecule has 0 radical (unpaired) electrons. The smallest absolute Gasteiger partial charge is 0.363 e. The molecule has 3 aromatic rings. The van der Waals surface area contributed by atoms with Crippen LogP contribution < -0.4 is 5.63 Å². The molecular weight excluding hydrogens is 284 g/mol. The van der Waals surface area contributed by atoms with E-state index >= 15 is 0 Å². The lowest BCUT2D eigenvalue weighted by Crippen LogP contribution is -2.06. The van der Waals surface area contributed by atoms with Gasteiger partial charge < -0.3 is 14.6 Å². The average Bonchev–Trinajstić information content (AvgIpc) is 2.49. The largest absolute Gasteiger partial charge is 0.504 e. The van der Waals surface area contributed by atoms with Crippen LogP contribution in [0.4, 0.5) is 0 Å². The van der Waals surface area contributed by atoms with E-state index in [4.69, 9.17) is 9.68 Å². The van der Waals surface area contributed by atoms with Crippen LogP contribution in [0.1, 0.15) is 11.1 Å². The van der Waals surface area contributed by atoms with Gasteiger partial charge in [-0.1, -0.05) is 6.07 Å². The Morgan fingerprint density at radius 2 is 2.00 bits per heavy atom. The first kappa shape index (κ1) is 13.6. The van der Waals surface area contributed by atoms with Crippen molar-refractivity contribution in [2.45, 2.75) is 6.92 Å². The van der Waals surface area contributed by atoms with Crippen molar-refractivity contribution in [1.82, 2.24) is 4.98 Å². The highest BCUT2D eigenvalue weighted by atomic mass is 16.4. The summed E-state index contributed by atoms with van der Waals surface area (Å²) in [6.07, 6.45) is 0. The number of phenols is 2. The van der Waals surface area contributed by atoms with E-state index in [0.29, 0.717) is 11.1 Å². The van der Waals surface area contributed by atoms with Crippen LogP contribution in [0, 0.1) is 18.3 Å². The molecule has 1 aromatic heterocycles. The Bertz CT molecular complexity index is 999. The Morgan fingerprint density at radius 3 is 2.73 bits per heavy atom. The first-order chi connectivity index (χ1) is 10.5. The van der Waals surface area contributed by atoms with Crippen molar-refractivity contribution in [2.24, 2.45) is 0 Å². The SMILES string of the molecule is Cc1ccc2oc(=O)c(-c3cc(O)c(O)c(C#N)c3)nc2c1. The molecule has 1 heterocycles. The Balaban J connectivity index is 2.31. The fourth-order valence-corrected chi connectivity index (χ4v) is 2.14. The Kier molecular flexibility index (Phi) is 3.04. The van der Waals surface area contributed by atoms with Gasteiger partial charge in [-0.3, -0.25) is 0 Å². The Hall–Kier alpha value is -3.33. The number of hydrogen-bond donors (Lipinski definition) is 2. The van der Waals surface area contributed by atoms with E-state index in [0.717, 1.165) is 11.6 Å². The summed E-state index contributed by atoms with van der Waals surface area (Å²) in [6, 6.07) is 9.39. The maximum Gasteiger partial charge on any atom is 0.363 e. The molecule has 6 nitrogen and oxygen atoms in total. The van der Waals surface area contributed by atoms with Crippen LogP contribution in [0.2, 0.25) is 0 Å². The highest BCUT2D eigenvalue weighted by Gasteiger charge is 2.15. The topological polar surface area (TPSA) is 107 Å². The summed E-state index contributed by atoms with van der Waals surface area (Å²) in [5.74, 6) is -1.04. The maximum absolute atomic E-state index is 12.1. The van der Waals surface area contributed by atoms with Crippen LogP contribution in [-0.2, 0) is 0 Å². The highest BCUT2D eigenvalue weighted by molar-refractivity contribution is 5.76. The number of phenolic OH excluding ortho intramolecular Hbond substituents is 2. The van der Waals surface area contributed by atoms with Crippen LogP contribution in [0.15, 0.2) is 39.5 Å². The first-order valence-electron chi connectivity index (χ1n) is 6.37. The second-order valence-corrected chi connectivity index (χ2v) is 4.82. The van der Waals surface area contributed by atoms with Crippen molar-refractivity contribution in [2.75, 3.05) is 0 Å². The van der Waals surface area contributed by atoms with E-state index < -0.39 is 17.1 Å². The lowest BCUT2D eigenvalue weighted by atomic mass is 10.1. The molecule has 22 heavy (non-hydrogen) atoms. The zero-order chi connectivity index (χ0) is 15.9. The number of aromatic hydroxyl groups is 2. The van der Waals surface area contributed by atoms with Gasteiger partial charge in [0, 0.05) is 5.56 Å². The van der Waals surface area contributed by atoms with Crippen LogP contribution in [0.25, 0.3) is 22.4 Å². The summed E-state index contributed by atoms with van der Waals surface area (Å²) in [6.45, 7) is 1.88. The van der Waals surface area contributed by atoms with Crippen LogP contribution >= 0.6 is 0 Å². The number of hydrogen-bond acceptors (Lipinski definition) is 6. The third kappa shape index (κ3) is 2.15. The quantitative estimate of drug-likeness (QED) is 0.667. The number of fused-ring (bicyclic) bond motifs is 1. The molecule has 0 fully saturated rings. The van der Waals surface area contributed by atoms with Gasteiger partial charge in [-0.2, -0.15) is 5.26 Å². The van der Waals surface area contributed by atoms with Crippen molar-refractivity contribution in [1.29, 1.82) is 5.26 Å². The molecule has 0 aliphatic carbocycles. The molecule has 0 bridgehead atoms. The minimum absolute atomic E-state index is 0.0371. The molecule has 0 atom stereocenters. The zero-order valence-corrected chi connectivity index (χ0v) is 11.5. The van der Waals surface area contributed by atoms with Crippen molar-refractivity contribution >= 4 is 11.1 Å². The van der Waals surface area contributed by atoms with Gasteiger partial charge >= 0.3 is 5.63 Å². The van der Waals surface area contributed by atoms with Gasteiger partial charge in [0.25, 0.3) is 0 Å². The highest BCUT2D eigenvalue weighted by Crippen LogP contribution is 2.33. The van der Waals surface area contributed by atoms with Crippen molar-refractivity contribution < 1.29 is 14.6 Å². The van der Waals surface area contributed by atoms with Gasteiger partial charge in [-0.25, -0.2) is 9.78 Å². The minimum Gasteiger partial charge on any atom is -0.504 e. The Labute approximate surface area is 124 Å². The normalized spacial score (nSPS) is 10.5. The standard InChI is InChI=1S/C16H10N2O4/c1-8-2-3-13-11(4-8)18-14(16(21)22-13)9-5-10(7-17)15(20)12(19)6-9/h2-6,19-20H,1H3. The number of aromatic nitrogens is 1. The first-order valence-corrected chi connectivity index (χ1v) is 6.37. The monoisotopic (exact) mass is 294 g/mol. The van der Waals surface area contributed by atoms with Crippen molar-refractivity contribution in [3.63, 3.8) is 0 Å². The fraction of sp³-hybridized carbons (Fsp3) is 0.0625. The molecule has 0 saturated carbocycles. The summed E-state index contributed by atoms with van der Waals surface area (Å²) in [7, 11) is 0. The lowest BCUT2D eigenvalue weighted by Gasteiger charge is -2.05. The van der Waals surface area contributed by atoms with E-state index in [1.165, 1.54) is 6.07 Å². The molecule has 3 rings (SSSR count). The molecule has 108 valence electrons. The molecule has 0 aliphatic heterocycles. The van der Waals surface area contributed by atoms with Gasteiger partial charge in [0.2, 0.25) is 0 Å².